The number of fused-ring (bicyclic) bond motifs is 1. The summed E-state index contributed by atoms with van der Waals surface area (Å²) in [6.07, 6.45) is 5.92. The number of carbonyl (C=O) groups excluding carboxylic acids is 1. The number of aromatic nitrogens is 2. The molecule has 1 aromatic heterocycles. The summed E-state index contributed by atoms with van der Waals surface area (Å²) in [6.45, 7) is 0. The molecule has 1 fully saturated rings. The summed E-state index contributed by atoms with van der Waals surface area (Å²) in [4.78, 5) is 23.0. The van der Waals surface area contributed by atoms with Crippen LogP contribution < -0.4 is 5.32 Å². The third kappa shape index (κ3) is 4.16. The lowest BCUT2D eigenvalue weighted by Crippen LogP contribution is -2.17. The van der Waals surface area contributed by atoms with E-state index in [0.717, 1.165) is 19.3 Å². The molecule has 0 atom stereocenters. The number of nitro benzene ring substituents is 1. The van der Waals surface area contributed by atoms with Crippen molar-refractivity contribution in [3.8, 4) is 5.69 Å². The molecule has 9 nitrogen and oxygen atoms in total. The highest BCUT2D eigenvalue weighted by Crippen LogP contribution is 2.34. The Balaban J connectivity index is 1.60. The molecule has 0 bridgehead atoms. The molecule has 1 aromatic carbocycles. The van der Waals surface area contributed by atoms with Crippen molar-refractivity contribution in [2.75, 3.05) is 5.32 Å². The Labute approximate surface area is 168 Å². The van der Waals surface area contributed by atoms with Crippen molar-refractivity contribution in [3.63, 3.8) is 0 Å². The van der Waals surface area contributed by atoms with E-state index in [2.05, 4.69) is 10.4 Å². The highest BCUT2D eigenvalue weighted by Gasteiger charge is 2.33. The summed E-state index contributed by atoms with van der Waals surface area (Å²) in [6, 6.07) is 5.76. The fourth-order valence-electron chi connectivity index (χ4n) is 4.10. The van der Waals surface area contributed by atoms with Gasteiger partial charge in [-0.2, -0.15) is 5.10 Å². The third-order valence-corrected chi connectivity index (χ3v) is 7.05. The predicted octanol–water partition coefficient (Wildman–Crippen LogP) is 3.12. The summed E-state index contributed by atoms with van der Waals surface area (Å²) < 4.78 is 25.5. The van der Waals surface area contributed by atoms with Gasteiger partial charge in [-0.3, -0.25) is 14.9 Å². The summed E-state index contributed by atoms with van der Waals surface area (Å²) in [5.41, 5.74) is 1.37. The number of nitro groups is 1. The summed E-state index contributed by atoms with van der Waals surface area (Å²) in [5, 5.41) is 18.1. The zero-order valence-electron chi connectivity index (χ0n) is 15.8. The van der Waals surface area contributed by atoms with Gasteiger partial charge in [-0.15, -0.1) is 0 Å². The second kappa shape index (κ2) is 7.58. The standard InChI is InChI=1S/C19H22N4O5S/c24-18(10-5-13-3-1-2-4-13)20-19-16-11-29(27,28)12-17(16)21-22(19)14-6-8-15(9-7-14)23(25)26/h6-9,13H,1-5,10-12H2,(H,20,24). The van der Waals surface area contributed by atoms with Crippen LogP contribution in [0.3, 0.4) is 0 Å². The molecule has 1 saturated carbocycles. The number of nitrogens with one attached hydrogen (secondary N) is 1. The Morgan fingerprint density at radius 3 is 2.55 bits per heavy atom. The number of nitrogens with zero attached hydrogens (tertiary/aromatic N) is 3. The number of anilines is 1. The van der Waals surface area contributed by atoms with Gasteiger partial charge in [-0.25, -0.2) is 13.1 Å². The first-order valence-electron chi connectivity index (χ1n) is 9.68. The minimum atomic E-state index is -3.28. The van der Waals surface area contributed by atoms with Gasteiger partial charge in [-0.05, 0) is 24.5 Å². The van der Waals surface area contributed by atoms with Crippen LogP contribution in [-0.4, -0.2) is 29.0 Å². The van der Waals surface area contributed by atoms with Crippen LogP contribution in [0.4, 0.5) is 11.5 Å². The Bertz CT molecular complexity index is 1050. The van der Waals surface area contributed by atoms with E-state index in [1.54, 1.807) is 0 Å². The van der Waals surface area contributed by atoms with Crippen LogP contribution in [0, 0.1) is 16.0 Å². The van der Waals surface area contributed by atoms with Gasteiger partial charge in [0.1, 0.15) is 5.82 Å². The quantitative estimate of drug-likeness (QED) is 0.568. The smallest absolute Gasteiger partial charge is 0.269 e. The molecule has 2 heterocycles. The van der Waals surface area contributed by atoms with Gasteiger partial charge in [0, 0.05) is 24.1 Å². The van der Waals surface area contributed by atoms with Gasteiger partial charge >= 0.3 is 0 Å². The highest BCUT2D eigenvalue weighted by atomic mass is 32.2. The zero-order valence-corrected chi connectivity index (χ0v) is 16.7. The number of benzene rings is 1. The minimum absolute atomic E-state index is 0.0572. The summed E-state index contributed by atoms with van der Waals surface area (Å²) in [5.74, 6) is 0.394. The molecule has 1 aliphatic heterocycles. The minimum Gasteiger partial charge on any atom is -0.310 e. The number of hydrogen-bond acceptors (Lipinski definition) is 6. The van der Waals surface area contributed by atoms with Crippen LogP contribution in [-0.2, 0) is 26.1 Å². The number of non-ortho nitro benzene ring substituents is 1. The molecule has 1 amide bonds. The molecule has 0 unspecified atom stereocenters. The number of carbonyl (C=O) groups is 1. The van der Waals surface area contributed by atoms with E-state index in [1.807, 2.05) is 0 Å². The molecule has 29 heavy (non-hydrogen) atoms. The van der Waals surface area contributed by atoms with Crippen molar-refractivity contribution < 1.29 is 18.1 Å². The van der Waals surface area contributed by atoms with Gasteiger partial charge in [0.2, 0.25) is 5.91 Å². The van der Waals surface area contributed by atoms with E-state index in [4.69, 9.17) is 0 Å². The first kappa shape index (κ1) is 19.6. The lowest BCUT2D eigenvalue weighted by atomic mass is 10.0. The van der Waals surface area contributed by atoms with Gasteiger partial charge in [0.15, 0.2) is 9.84 Å². The maximum atomic E-state index is 12.6. The Hall–Kier alpha value is -2.75. The molecule has 154 valence electrons. The van der Waals surface area contributed by atoms with Gasteiger partial charge in [0.25, 0.3) is 5.69 Å². The Morgan fingerprint density at radius 1 is 1.21 bits per heavy atom. The van der Waals surface area contributed by atoms with Crippen molar-refractivity contribution >= 4 is 27.2 Å². The molecule has 0 radical (unpaired) electrons. The van der Waals surface area contributed by atoms with Crippen LogP contribution in [0.25, 0.3) is 5.69 Å². The average molecular weight is 418 g/mol. The lowest BCUT2D eigenvalue weighted by molar-refractivity contribution is -0.384. The maximum Gasteiger partial charge on any atom is 0.269 e. The fourth-order valence-corrected chi connectivity index (χ4v) is 5.60. The summed E-state index contributed by atoms with van der Waals surface area (Å²) >= 11 is 0. The molecule has 2 aliphatic rings. The van der Waals surface area contributed by atoms with Crippen molar-refractivity contribution in [2.24, 2.45) is 5.92 Å². The topological polar surface area (TPSA) is 124 Å². The number of rotatable bonds is 6. The van der Waals surface area contributed by atoms with Crippen molar-refractivity contribution in [2.45, 2.75) is 50.0 Å². The van der Waals surface area contributed by atoms with Crippen molar-refractivity contribution in [1.82, 2.24) is 9.78 Å². The van der Waals surface area contributed by atoms with Crippen LogP contribution in [0.15, 0.2) is 24.3 Å². The summed E-state index contributed by atoms with van der Waals surface area (Å²) in [7, 11) is -3.28. The largest absolute Gasteiger partial charge is 0.310 e. The molecule has 0 saturated heterocycles. The Kier molecular flexibility index (Phi) is 5.12. The molecular formula is C19H22N4O5S. The zero-order chi connectivity index (χ0) is 20.6. The molecule has 0 spiro atoms. The molecule has 2 aromatic rings. The molecule has 1 N–H and O–H groups in total. The first-order chi connectivity index (χ1) is 13.8. The fraction of sp³-hybridized carbons (Fsp3) is 0.474. The predicted molar refractivity (Wildman–Crippen MR) is 106 cm³/mol. The SMILES string of the molecule is O=C(CCC1CCCC1)Nc1c2c(nn1-c1ccc([N+](=O)[O-])cc1)CS(=O)(=O)C2. The van der Waals surface area contributed by atoms with Crippen molar-refractivity contribution in [3.05, 3.63) is 45.6 Å². The monoisotopic (exact) mass is 418 g/mol. The molecule has 10 heteroatoms. The lowest BCUT2D eigenvalue weighted by Gasteiger charge is -2.12. The normalized spacial score (nSPS) is 17.9. The first-order valence-corrected chi connectivity index (χ1v) is 11.5. The third-order valence-electron chi connectivity index (χ3n) is 5.60. The second-order valence-electron chi connectivity index (χ2n) is 7.73. The van der Waals surface area contributed by atoms with Crippen LogP contribution in [0.5, 0.6) is 0 Å². The van der Waals surface area contributed by atoms with Crippen molar-refractivity contribution in [1.29, 1.82) is 0 Å². The van der Waals surface area contributed by atoms with E-state index in [0.29, 0.717) is 35.1 Å². The van der Waals surface area contributed by atoms with E-state index in [9.17, 15) is 23.3 Å². The molecule has 4 rings (SSSR count). The number of sulfone groups is 1. The Morgan fingerprint density at radius 2 is 1.90 bits per heavy atom. The highest BCUT2D eigenvalue weighted by molar-refractivity contribution is 7.90. The maximum absolute atomic E-state index is 12.6. The van der Waals surface area contributed by atoms with E-state index in [-0.39, 0.29) is 23.1 Å². The van der Waals surface area contributed by atoms with Crippen LogP contribution in [0.1, 0.15) is 49.8 Å². The van der Waals surface area contributed by atoms with Gasteiger partial charge in [0.05, 0.1) is 27.8 Å². The van der Waals surface area contributed by atoms with Gasteiger partial charge in [-0.1, -0.05) is 25.7 Å². The second-order valence-corrected chi connectivity index (χ2v) is 9.79. The molecule has 1 aliphatic carbocycles. The van der Waals surface area contributed by atoms with E-state index < -0.39 is 14.8 Å². The van der Waals surface area contributed by atoms with Crippen LogP contribution >= 0.6 is 0 Å². The van der Waals surface area contributed by atoms with Gasteiger partial charge < -0.3 is 5.32 Å². The van der Waals surface area contributed by atoms with E-state index in [1.165, 1.54) is 41.8 Å². The average Bonchev–Trinajstić information content (AvgIpc) is 3.36. The number of hydrogen-bond donors (Lipinski definition) is 1. The molecular weight excluding hydrogens is 396 g/mol. The number of amides is 1. The van der Waals surface area contributed by atoms with Crippen LogP contribution in [0.2, 0.25) is 0 Å². The van der Waals surface area contributed by atoms with E-state index >= 15 is 0 Å².